The summed E-state index contributed by atoms with van der Waals surface area (Å²) in [5.74, 6) is -0.138. The predicted octanol–water partition coefficient (Wildman–Crippen LogP) is 1.36. The van der Waals surface area contributed by atoms with Crippen LogP contribution in [0, 0.1) is 13.8 Å². The minimum atomic E-state index is -0.138. The Balaban J connectivity index is 1.81. The first kappa shape index (κ1) is 14.2. The monoisotopic (exact) mass is 298 g/mol. The molecule has 0 saturated heterocycles. The van der Waals surface area contributed by atoms with E-state index in [9.17, 15) is 4.79 Å². The molecular formula is C15H18N6O. The standard InChI is InChI=1S/C15H18N6O/c1-10-4-5-21-13(6-10)19-12(3)14(21)15(22)18-11(2)7-20-9-16-8-17-20/h4-6,8-9,11H,7H2,1-3H3,(H,18,22). The van der Waals surface area contributed by atoms with Gasteiger partial charge in [-0.05, 0) is 38.5 Å². The van der Waals surface area contributed by atoms with Crippen molar-refractivity contribution >= 4 is 11.6 Å². The first-order chi connectivity index (χ1) is 10.5. The van der Waals surface area contributed by atoms with Crippen molar-refractivity contribution in [2.45, 2.75) is 33.4 Å². The zero-order valence-electron chi connectivity index (χ0n) is 12.8. The maximum absolute atomic E-state index is 12.5. The highest BCUT2D eigenvalue weighted by Gasteiger charge is 2.18. The third-order valence-corrected chi connectivity index (χ3v) is 3.48. The quantitative estimate of drug-likeness (QED) is 0.789. The van der Waals surface area contributed by atoms with E-state index in [2.05, 4.69) is 20.4 Å². The molecule has 3 aromatic heterocycles. The summed E-state index contributed by atoms with van der Waals surface area (Å²) in [6.45, 7) is 6.35. The number of aryl methyl sites for hydroxylation is 2. The molecule has 3 aromatic rings. The average molecular weight is 298 g/mol. The number of carbonyl (C=O) groups excluding carboxylic acids is 1. The predicted molar refractivity (Wildman–Crippen MR) is 81.6 cm³/mol. The molecule has 0 radical (unpaired) electrons. The fourth-order valence-electron chi connectivity index (χ4n) is 2.48. The van der Waals surface area contributed by atoms with E-state index in [1.54, 1.807) is 11.0 Å². The number of imidazole rings is 1. The average Bonchev–Trinajstić information content (AvgIpc) is 3.04. The van der Waals surface area contributed by atoms with Gasteiger partial charge in [0.1, 0.15) is 24.0 Å². The summed E-state index contributed by atoms with van der Waals surface area (Å²) in [6, 6.07) is 3.86. The van der Waals surface area contributed by atoms with Gasteiger partial charge < -0.3 is 5.32 Å². The van der Waals surface area contributed by atoms with E-state index >= 15 is 0 Å². The molecule has 7 nitrogen and oxygen atoms in total. The van der Waals surface area contributed by atoms with Crippen LogP contribution in [0.2, 0.25) is 0 Å². The Morgan fingerprint density at radius 1 is 1.41 bits per heavy atom. The van der Waals surface area contributed by atoms with Gasteiger partial charge in [-0.25, -0.2) is 9.97 Å². The molecule has 0 aliphatic carbocycles. The molecule has 0 fully saturated rings. The van der Waals surface area contributed by atoms with Crippen molar-refractivity contribution < 1.29 is 4.79 Å². The Morgan fingerprint density at radius 2 is 2.23 bits per heavy atom. The van der Waals surface area contributed by atoms with Crippen LogP contribution in [0.1, 0.15) is 28.7 Å². The molecule has 0 bridgehead atoms. The van der Waals surface area contributed by atoms with Gasteiger partial charge >= 0.3 is 0 Å². The zero-order chi connectivity index (χ0) is 15.7. The number of rotatable bonds is 4. The smallest absolute Gasteiger partial charge is 0.270 e. The third-order valence-electron chi connectivity index (χ3n) is 3.48. The molecular weight excluding hydrogens is 280 g/mol. The van der Waals surface area contributed by atoms with Crippen LogP contribution in [0.4, 0.5) is 0 Å². The Bertz CT molecular complexity index is 805. The number of nitrogens with zero attached hydrogens (tertiary/aromatic N) is 5. The van der Waals surface area contributed by atoms with Crippen molar-refractivity contribution in [2.75, 3.05) is 0 Å². The molecule has 1 amide bonds. The molecule has 3 rings (SSSR count). The van der Waals surface area contributed by atoms with Gasteiger partial charge in [-0.15, -0.1) is 0 Å². The summed E-state index contributed by atoms with van der Waals surface area (Å²) in [5, 5.41) is 7.02. The number of pyridine rings is 1. The topological polar surface area (TPSA) is 77.1 Å². The van der Waals surface area contributed by atoms with E-state index < -0.39 is 0 Å². The van der Waals surface area contributed by atoms with E-state index in [4.69, 9.17) is 0 Å². The molecule has 1 unspecified atom stereocenters. The third kappa shape index (κ3) is 2.69. The van der Waals surface area contributed by atoms with Crippen LogP contribution in [0.25, 0.3) is 5.65 Å². The first-order valence-electron chi connectivity index (χ1n) is 7.13. The summed E-state index contributed by atoms with van der Waals surface area (Å²) in [6.07, 6.45) is 4.98. The molecule has 1 atom stereocenters. The van der Waals surface area contributed by atoms with Crippen LogP contribution < -0.4 is 5.32 Å². The molecule has 0 aliphatic heterocycles. The van der Waals surface area contributed by atoms with Gasteiger partial charge in [-0.1, -0.05) is 0 Å². The lowest BCUT2D eigenvalue weighted by molar-refractivity contribution is 0.0929. The molecule has 1 N–H and O–H groups in total. The number of hydrogen-bond donors (Lipinski definition) is 1. The van der Waals surface area contributed by atoms with Gasteiger partial charge in [0.2, 0.25) is 0 Å². The van der Waals surface area contributed by atoms with E-state index in [0.29, 0.717) is 12.2 Å². The van der Waals surface area contributed by atoms with Crippen molar-refractivity contribution in [3.05, 3.63) is 47.9 Å². The SMILES string of the molecule is Cc1ccn2c(C(=O)NC(C)Cn3cncn3)c(C)nc2c1. The fraction of sp³-hybridized carbons (Fsp3) is 0.333. The summed E-state index contributed by atoms with van der Waals surface area (Å²) in [7, 11) is 0. The Kier molecular flexibility index (Phi) is 3.62. The van der Waals surface area contributed by atoms with Gasteiger partial charge in [0.25, 0.3) is 5.91 Å². The molecule has 114 valence electrons. The van der Waals surface area contributed by atoms with Crippen LogP contribution in [0.15, 0.2) is 31.0 Å². The number of carbonyl (C=O) groups is 1. The van der Waals surface area contributed by atoms with Crippen LogP contribution in [-0.2, 0) is 6.54 Å². The van der Waals surface area contributed by atoms with Crippen molar-refractivity contribution in [1.82, 2.24) is 29.5 Å². The maximum Gasteiger partial charge on any atom is 0.270 e. The lowest BCUT2D eigenvalue weighted by Gasteiger charge is -2.13. The number of nitrogens with one attached hydrogen (secondary N) is 1. The molecule has 3 heterocycles. The van der Waals surface area contributed by atoms with E-state index in [1.807, 2.05) is 43.5 Å². The van der Waals surface area contributed by atoms with E-state index in [1.165, 1.54) is 6.33 Å². The molecule has 0 spiro atoms. The number of hydrogen-bond acceptors (Lipinski definition) is 4. The summed E-state index contributed by atoms with van der Waals surface area (Å²) < 4.78 is 3.51. The van der Waals surface area contributed by atoms with Crippen molar-refractivity contribution in [2.24, 2.45) is 0 Å². The minimum absolute atomic E-state index is 0.0652. The zero-order valence-corrected chi connectivity index (χ0v) is 12.8. The second-order valence-corrected chi connectivity index (χ2v) is 5.47. The molecule has 0 saturated carbocycles. The molecule has 22 heavy (non-hydrogen) atoms. The number of fused-ring (bicyclic) bond motifs is 1. The van der Waals surface area contributed by atoms with Gasteiger partial charge in [0.05, 0.1) is 12.2 Å². The van der Waals surface area contributed by atoms with E-state index in [-0.39, 0.29) is 11.9 Å². The van der Waals surface area contributed by atoms with Crippen molar-refractivity contribution in [3.8, 4) is 0 Å². The fourth-order valence-corrected chi connectivity index (χ4v) is 2.48. The maximum atomic E-state index is 12.5. The second-order valence-electron chi connectivity index (χ2n) is 5.47. The highest BCUT2D eigenvalue weighted by Crippen LogP contribution is 2.13. The van der Waals surface area contributed by atoms with E-state index in [0.717, 1.165) is 16.9 Å². The molecule has 7 heteroatoms. The van der Waals surface area contributed by atoms with Crippen LogP contribution >= 0.6 is 0 Å². The van der Waals surface area contributed by atoms with Crippen molar-refractivity contribution in [3.63, 3.8) is 0 Å². The number of amides is 1. The van der Waals surface area contributed by atoms with Gasteiger partial charge in [-0.3, -0.25) is 13.9 Å². The first-order valence-corrected chi connectivity index (χ1v) is 7.13. The Hall–Kier alpha value is -2.70. The molecule has 0 aromatic carbocycles. The van der Waals surface area contributed by atoms with Gasteiger partial charge in [0, 0.05) is 12.2 Å². The minimum Gasteiger partial charge on any atom is -0.346 e. The van der Waals surface area contributed by atoms with Crippen LogP contribution in [0.3, 0.4) is 0 Å². The Labute approximate surface area is 128 Å². The van der Waals surface area contributed by atoms with Crippen molar-refractivity contribution in [1.29, 1.82) is 0 Å². The normalized spacial score (nSPS) is 12.5. The Morgan fingerprint density at radius 3 is 2.95 bits per heavy atom. The number of aromatic nitrogens is 5. The molecule has 0 aliphatic rings. The highest BCUT2D eigenvalue weighted by atomic mass is 16.2. The van der Waals surface area contributed by atoms with Crippen LogP contribution in [-0.4, -0.2) is 36.1 Å². The van der Waals surface area contributed by atoms with Gasteiger partial charge in [-0.2, -0.15) is 5.10 Å². The highest BCUT2D eigenvalue weighted by molar-refractivity contribution is 5.94. The lowest BCUT2D eigenvalue weighted by Crippen LogP contribution is -2.36. The van der Waals surface area contributed by atoms with Crippen LogP contribution in [0.5, 0.6) is 0 Å². The van der Waals surface area contributed by atoms with Gasteiger partial charge in [0.15, 0.2) is 0 Å². The largest absolute Gasteiger partial charge is 0.346 e. The summed E-state index contributed by atoms with van der Waals surface area (Å²) in [4.78, 5) is 20.9. The second kappa shape index (κ2) is 5.59. The summed E-state index contributed by atoms with van der Waals surface area (Å²) in [5.41, 5.74) is 3.19. The lowest BCUT2D eigenvalue weighted by atomic mass is 10.2. The summed E-state index contributed by atoms with van der Waals surface area (Å²) >= 11 is 0.